The molecule has 0 unspecified atom stereocenters. The SMILES string of the molecule is C=C1C(=O)O[C@H]2[C@@H](O)C[C@H](C)CC[C@@H]12. The maximum Gasteiger partial charge on any atom is 0.334 e. The average Bonchev–Trinajstić information content (AvgIpc) is 2.32. The third-order valence-corrected chi connectivity index (χ3v) is 3.34. The lowest BCUT2D eigenvalue weighted by atomic mass is 9.92. The van der Waals surface area contributed by atoms with Crippen molar-refractivity contribution in [1.29, 1.82) is 0 Å². The number of ether oxygens (including phenoxy) is 1. The predicted molar refractivity (Wildman–Crippen MR) is 51.5 cm³/mol. The van der Waals surface area contributed by atoms with Crippen LogP contribution in [0.15, 0.2) is 12.2 Å². The molecule has 0 aromatic heterocycles. The molecule has 0 aromatic rings. The van der Waals surface area contributed by atoms with Gasteiger partial charge >= 0.3 is 5.97 Å². The summed E-state index contributed by atoms with van der Waals surface area (Å²) in [5.74, 6) is 0.221. The van der Waals surface area contributed by atoms with Crippen LogP contribution in [0.25, 0.3) is 0 Å². The molecule has 3 nitrogen and oxygen atoms in total. The maximum atomic E-state index is 11.2. The molecule has 2 rings (SSSR count). The van der Waals surface area contributed by atoms with Crippen LogP contribution in [0.5, 0.6) is 0 Å². The first-order chi connectivity index (χ1) is 6.59. The Morgan fingerprint density at radius 2 is 2.21 bits per heavy atom. The lowest BCUT2D eigenvalue weighted by molar-refractivity contribution is -0.144. The van der Waals surface area contributed by atoms with E-state index < -0.39 is 6.10 Å². The van der Waals surface area contributed by atoms with Crippen LogP contribution < -0.4 is 0 Å². The quantitative estimate of drug-likeness (QED) is 0.468. The molecule has 1 saturated carbocycles. The number of carbonyl (C=O) groups is 1. The summed E-state index contributed by atoms with van der Waals surface area (Å²) in [4.78, 5) is 11.2. The van der Waals surface area contributed by atoms with Gasteiger partial charge in [0.15, 0.2) is 0 Å². The molecule has 2 fully saturated rings. The number of carbonyl (C=O) groups excluding carboxylic acids is 1. The highest BCUT2D eigenvalue weighted by atomic mass is 16.6. The molecule has 0 aromatic carbocycles. The second kappa shape index (κ2) is 3.39. The molecule has 1 saturated heterocycles. The van der Waals surface area contributed by atoms with Crippen LogP contribution in [0.3, 0.4) is 0 Å². The molecule has 1 N–H and O–H groups in total. The van der Waals surface area contributed by atoms with Gasteiger partial charge in [-0.05, 0) is 25.2 Å². The van der Waals surface area contributed by atoms with Crippen molar-refractivity contribution in [2.45, 2.75) is 38.4 Å². The Bertz CT molecular complexity index is 272. The van der Waals surface area contributed by atoms with E-state index >= 15 is 0 Å². The number of rotatable bonds is 0. The van der Waals surface area contributed by atoms with E-state index in [1.165, 1.54) is 0 Å². The van der Waals surface area contributed by atoms with Crippen molar-refractivity contribution in [2.24, 2.45) is 11.8 Å². The summed E-state index contributed by atoms with van der Waals surface area (Å²) in [6, 6.07) is 0. The van der Waals surface area contributed by atoms with Gasteiger partial charge in [-0.25, -0.2) is 4.79 Å². The van der Waals surface area contributed by atoms with Crippen LogP contribution >= 0.6 is 0 Å². The number of hydrogen-bond acceptors (Lipinski definition) is 3. The minimum Gasteiger partial charge on any atom is -0.456 e. The summed E-state index contributed by atoms with van der Waals surface area (Å²) in [6.45, 7) is 5.85. The van der Waals surface area contributed by atoms with Crippen molar-refractivity contribution in [3.8, 4) is 0 Å². The maximum absolute atomic E-state index is 11.2. The Labute approximate surface area is 83.8 Å². The van der Waals surface area contributed by atoms with Crippen molar-refractivity contribution in [1.82, 2.24) is 0 Å². The van der Waals surface area contributed by atoms with Gasteiger partial charge in [0.25, 0.3) is 0 Å². The summed E-state index contributed by atoms with van der Waals surface area (Å²) in [6.07, 6.45) is 1.82. The molecule has 0 amide bonds. The van der Waals surface area contributed by atoms with Gasteiger partial charge in [-0.2, -0.15) is 0 Å². The summed E-state index contributed by atoms with van der Waals surface area (Å²) >= 11 is 0. The zero-order chi connectivity index (χ0) is 10.3. The van der Waals surface area contributed by atoms with Crippen molar-refractivity contribution in [3.63, 3.8) is 0 Å². The van der Waals surface area contributed by atoms with Gasteiger partial charge in [-0.1, -0.05) is 13.5 Å². The molecular formula is C11H16O3. The van der Waals surface area contributed by atoms with Crippen LogP contribution in [-0.4, -0.2) is 23.3 Å². The van der Waals surface area contributed by atoms with Crippen LogP contribution in [0.1, 0.15) is 26.2 Å². The molecule has 1 aliphatic carbocycles. The molecule has 1 heterocycles. The molecule has 0 spiro atoms. The molecule has 78 valence electrons. The largest absolute Gasteiger partial charge is 0.456 e. The van der Waals surface area contributed by atoms with Crippen molar-refractivity contribution < 1.29 is 14.6 Å². The summed E-state index contributed by atoms with van der Waals surface area (Å²) < 4.78 is 5.13. The number of esters is 1. The zero-order valence-electron chi connectivity index (χ0n) is 8.40. The topological polar surface area (TPSA) is 46.5 Å². The van der Waals surface area contributed by atoms with Gasteiger partial charge < -0.3 is 9.84 Å². The Morgan fingerprint density at radius 1 is 1.50 bits per heavy atom. The van der Waals surface area contributed by atoms with Gasteiger partial charge in [0.05, 0.1) is 6.10 Å². The van der Waals surface area contributed by atoms with E-state index in [9.17, 15) is 9.90 Å². The lowest BCUT2D eigenvalue weighted by Gasteiger charge is -2.19. The first kappa shape index (κ1) is 9.71. The monoisotopic (exact) mass is 196 g/mol. The standard InChI is InChI=1S/C11H16O3/c1-6-3-4-8-7(2)11(13)14-10(8)9(12)5-6/h6,8-10,12H,2-5H2,1H3/t6-,8+,9+,10-/m1/s1. The fourth-order valence-corrected chi connectivity index (χ4v) is 2.44. The second-order valence-corrected chi connectivity index (χ2v) is 4.49. The zero-order valence-corrected chi connectivity index (χ0v) is 8.40. The van der Waals surface area contributed by atoms with Gasteiger partial charge in [-0.3, -0.25) is 0 Å². The van der Waals surface area contributed by atoms with Crippen molar-refractivity contribution in [3.05, 3.63) is 12.2 Å². The van der Waals surface area contributed by atoms with Gasteiger partial charge in [0, 0.05) is 11.5 Å². The molecule has 0 bridgehead atoms. The number of hydrogen-bond donors (Lipinski definition) is 1. The van der Waals surface area contributed by atoms with Crippen molar-refractivity contribution in [2.75, 3.05) is 0 Å². The Balaban J connectivity index is 2.19. The highest BCUT2D eigenvalue weighted by Crippen LogP contribution is 2.38. The van der Waals surface area contributed by atoms with E-state index in [1.54, 1.807) is 0 Å². The molecule has 4 atom stereocenters. The van der Waals surface area contributed by atoms with Crippen LogP contribution in [0.4, 0.5) is 0 Å². The second-order valence-electron chi connectivity index (χ2n) is 4.49. The smallest absolute Gasteiger partial charge is 0.334 e. The van der Waals surface area contributed by atoms with E-state index in [1.807, 2.05) is 0 Å². The molecular weight excluding hydrogens is 180 g/mol. The van der Waals surface area contributed by atoms with Gasteiger partial charge in [0.1, 0.15) is 6.10 Å². The first-order valence-electron chi connectivity index (χ1n) is 5.17. The number of aliphatic hydroxyl groups is 1. The lowest BCUT2D eigenvalue weighted by Crippen LogP contribution is -2.30. The Hall–Kier alpha value is -0.830. The van der Waals surface area contributed by atoms with E-state index in [0.717, 1.165) is 19.3 Å². The molecule has 2 aliphatic rings. The number of fused-ring (bicyclic) bond motifs is 1. The first-order valence-corrected chi connectivity index (χ1v) is 5.17. The van der Waals surface area contributed by atoms with Crippen molar-refractivity contribution >= 4 is 5.97 Å². The normalized spacial score (nSPS) is 43.0. The van der Waals surface area contributed by atoms with Crippen LogP contribution in [0.2, 0.25) is 0 Å². The van der Waals surface area contributed by atoms with Gasteiger partial charge in [0.2, 0.25) is 0 Å². The highest BCUT2D eigenvalue weighted by Gasteiger charge is 2.44. The molecule has 1 aliphatic heterocycles. The summed E-state index contributed by atoms with van der Waals surface area (Å²) in [5.41, 5.74) is 0.545. The van der Waals surface area contributed by atoms with E-state index in [4.69, 9.17) is 4.74 Å². The molecule has 3 heteroatoms. The molecule has 14 heavy (non-hydrogen) atoms. The average molecular weight is 196 g/mol. The van der Waals surface area contributed by atoms with E-state index in [0.29, 0.717) is 11.5 Å². The Morgan fingerprint density at radius 3 is 2.93 bits per heavy atom. The van der Waals surface area contributed by atoms with Crippen LogP contribution in [0, 0.1) is 11.8 Å². The third kappa shape index (κ3) is 1.46. The summed E-state index contributed by atoms with van der Waals surface area (Å²) in [7, 11) is 0. The van der Waals surface area contributed by atoms with E-state index in [-0.39, 0.29) is 18.0 Å². The fourth-order valence-electron chi connectivity index (χ4n) is 2.44. The van der Waals surface area contributed by atoms with Gasteiger partial charge in [-0.15, -0.1) is 0 Å². The molecule has 0 radical (unpaired) electrons. The van der Waals surface area contributed by atoms with E-state index in [2.05, 4.69) is 13.5 Å². The minimum absolute atomic E-state index is 0.0439. The highest BCUT2D eigenvalue weighted by molar-refractivity contribution is 5.90. The third-order valence-electron chi connectivity index (χ3n) is 3.34. The predicted octanol–water partition coefficient (Wildman–Crippen LogP) is 1.27. The van der Waals surface area contributed by atoms with Crippen LogP contribution in [-0.2, 0) is 9.53 Å². The minimum atomic E-state index is -0.513. The Kier molecular flexibility index (Phi) is 2.35. The fraction of sp³-hybridized carbons (Fsp3) is 0.727. The number of aliphatic hydroxyl groups excluding tert-OH is 1. The summed E-state index contributed by atoms with van der Waals surface area (Å²) in [5, 5.41) is 9.85.